The summed E-state index contributed by atoms with van der Waals surface area (Å²) in [5, 5.41) is 11.4. The van der Waals surface area contributed by atoms with Crippen LogP contribution in [0.3, 0.4) is 0 Å². The molecule has 0 aliphatic rings. The van der Waals surface area contributed by atoms with Gasteiger partial charge in [0, 0.05) is 6.07 Å². The van der Waals surface area contributed by atoms with Crippen molar-refractivity contribution in [3.05, 3.63) is 95.7 Å². The van der Waals surface area contributed by atoms with Crippen LogP contribution in [-0.4, -0.2) is 16.2 Å². The summed E-state index contributed by atoms with van der Waals surface area (Å²) >= 11 is 0. The molecule has 5 nitrogen and oxygen atoms in total. The second-order valence-corrected chi connectivity index (χ2v) is 6.17. The molecule has 2 heterocycles. The Morgan fingerprint density at radius 3 is 2.54 bits per heavy atom. The number of ether oxygens (including phenoxy) is 1. The molecule has 0 unspecified atom stereocenters. The number of imidazole rings is 1. The van der Waals surface area contributed by atoms with Gasteiger partial charge in [-0.2, -0.15) is 4.73 Å². The highest BCUT2D eigenvalue weighted by Crippen LogP contribution is 2.16. The van der Waals surface area contributed by atoms with Gasteiger partial charge in [0.05, 0.1) is 12.9 Å². The Morgan fingerprint density at radius 2 is 1.73 bits per heavy atom. The first-order chi connectivity index (χ1) is 12.8. The quantitative estimate of drug-likeness (QED) is 0.398. The summed E-state index contributed by atoms with van der Waals surface area (Å²) in [5.74, 6) is 0.838. The van der Waals surface area contributed by atoms with Gasteiger partial charge in [0.1, 0.15) is 23.4 Å². The van der Waals surface area contributed by atoms with Crippen molar-refractivity contribution in [1.82, 2.24) is 9.55 Å². The van der Waals surface area contributed by atoms with E-state index in [1.807, 2.05) is 22.8 Å². The van der Waals surface area contributed by atoms with Crippen LogP contribution >= 0.6 is 0 Å². The van der Waals surface area contributed by atoms with Crippen LogP contribution in [0.15, 0.2) is 79.4 Å². The number of hydrogen-bond donors (Lipinski definition) is 0. The van der Waals surface area contributed by atoms with E-state index in [-0.39, 0.29) is 0 Å². The summed E-state index contributed by atoms with van der Waals surface area (Å²) < 4.78 is 8.54. The van der Waals surface area contributed by atoms with Crippen LogP contribution in [-0.2, 0) is 13.0 Å². The van der Waals surface area contributed by atoms with E-state index in [1.54, 1.807) is 12.4 Å². The van der Waals surface area contributed by atoms with E-state index in [0.717, 1.165) is 27.9 Å². The van der Waals surface area contributed by atoms with Crippen molar-refractivity contribution in [1.29, 1.82) is 0 Å². The molecule has 130 valence electrons. The van der Waals surface area contributed by atoms with Gasteiger partial charge < -0.3 is 14.5 Å². The third-order valence-corrected chi connectivity index (χ3v) is 4.31. The summed E-state index contributed by atoms with van der Waals surface area (Å²) in [6.07, 6.45) is 5.63. The maximum atomic E-state index is 11.4. The Morgan fingerprint density at radius 1 is 0.962 bits per heavy atom. The average Bonchev–Trinajstić information content (AvgIpc) is 3.06. The largest absolute Gasteiger partial charge is 0.619 e. The summed E-state index contributed by atoms with van der Waals surface area (Å²) in [5.41, 5.74) is 4.17. The summed E-state index contributed by atoms with van der Waals surface area (Å²) in [7, 11) is 0. The van der Waals surface area contributed by atoms with Gasteiger partial charge in [-0.05, 0) is 29.7 Å². The lowest BCUT2D eigenvalue weighted by atomic mass is 10.1. The van der Waals surface area contributed by atoms with E-state index in [0.29, 0.717) is 13.2 Å². The molecule has 0 saturated heterocycles. The monoisotopic (exact) mass is 345 g/mol. The first kappa shape index (κ1) is 16.1. The summed E-state index contributed by atoms with van der Waals surface area (Å²) in [4.78, 5) is 4.29. The normalized spacial score (nSPS) is 10.9. The van der Waals surface area contributed by atoms with Crippen molar-refractivity contribution in [3.63, 3.8) is 0 Å². The van der Waals surface area contributed by atoms with Crippen LogP contribution in [0.25, 0.3) is 11.0 Å². The van der Waals surface area contributed by atoms with Crippen LogP contribution in [0.2, 0.25) is 0 Å². The minimum absolute atomic E-state index is 0.511. The molecule has 0 radical (unpaired) electrons. The molecule has 0 amide bonds. The fraction of sp³-hybridized carbons (Fsp3) is 0.143. The molecule has 0 atom stereocenters. The molecule has 4 aromatic rings. The SMILES string of the molecule is [O-][n+]1ccc2ncn(CCOc3ccc(Cc4ccccc4)cc3)c2c1. The second kappa shape index (κ2) is 7.27. The molecule has 26 heavy (non-hydrogen) atoms. The molecule has 0 bridgehead atoms. The number of rotatable bonds is 6. The maximum Gasteiger partial charge on any atom is 0.206 e. The average molecular weight is 345 g/mol. The number of hydrogen-bond acceptors (Lipinski definition) is 3. The smallest absolute Gasteiger partial charge is 0.206 e. The third-order valence-electron chi connectivity index (χ3n) is 4.31. The van der Waals surface area contributed by atoms with Crippen LogP contribution in [0.5, 0.6) is 5.75 Å². The van der Waals surface area contributed by atoms with Gasteiger partial charge in [-0.25, -0.2) is 4.98 Å². The highest BCUT2D eigenvalue weighted by Gasteiger charge is 2.06. The zero-order chi connectivity index (χ0) is 17.8. The van der Waals surface area contributed by atoms with Gasteiger partial charge in [0.15, 0.2) is 6.20 Å². The molecule has 0 aliphatic carbocycles. The summed E-state index contributed by atoms with van der Waals surface area (Å²) in [6.45, 7) is 1.14. The standard InChI is InChI=1S/C21H19N3O2/c25-24-11-10-20-21(15-24)23(16-22-20)12-13-26-19-8-6-18(7-9-19)14-17-4-2-1-3-5-17/h1-11,15-16H,12-14H2. The molecule has 5 heteroatoms. The lowest BCUT2D eigenvalue weighted by molar-refractivity contribution is -0.604. The number of nitrogens with zero attached hydrogens (tertiary/aromatic N) is 3. The van der Waals surface area contributed by atoms with Gasteiger partial charge in [-0.15, -0.1) is 0 Å². The van der Waals surface area contributed by atoms with Crippen LogP contribution < -0.4 is 9.47 Å². The molecule has 0 spiro atoms. The number of aromatic nitrogens is 3. The summed E-state index contributed by atoms with van der Waals surface area (Å²) in [6, 6.07) is 20.3. The van der Waals surface area contributed by atoms with Crippen LogP contribution in [0.4, 0.5) is 0 Å². The zero-order valence-electron chi connectivity index (χ0n) is 14.3. The van der Waals surface area contributed by atoms with E-state index in [4.69, 9.17) is 4.74 Å². The lowest BCUT2D eigenvalue weighted by Crippen LogP contribution is -2.24. The van der Waals surface area contributed by atoms with E-state index in [1.165, 1.54) is 23.5 Å². The Labute approximate surface area is 151 Å². The third kappa shape index (κ3) is 3.67. The molecular weight excluding hydrogens is 326 g/mol. The minimum Gasteiger partial charge on any atom is -0.619 e. The Hall–Kier alpha value is -3.34. The van der Waals surface area contributed by atoms with Crippen molar-refractivity contribution in [2.24, 2.45) is 0 Å². The minimum atomic E-state index is 0.511. The molecule has 0 saturated carbocycles. The van der Waals surface area contributed by atoms with E-state index < -0.39 is 0 Å². The van der Waals surface area contributed by atoms with Crippen molar-refractivity contribution in [2.45, 2.75) is 13.0 Å². The second-order valence-electron chi connectivity index (χ2n) is 6.17. The van der Waals surface area contributed by atoms with Crippen molar-refractivity contribution < 1.29 is 9.47 Å². The van der Waals surface area contributed by atoms with Gasteiger partial charge in [0.2, 0.25) is 6.20 Å². The Balaban J connectivity index is 1.35. The molecule has 0 aliphatic heterocycles. The molecule has 4 rings (SSSR count). The molecule has 2 aromatic carbocycles. The van der Waals surface area contributed by atoms with E-state index in [9.17, 15) is 5.21 Å². The highest BCUT2D eigenvalue weighted by molar-refractivity contribution is 5.72. The van der Waals surface area contributed by atoms with Crippen LogP contribution in [0.1, 0.15) is 11.1 Å². The van der Waals surface area contributed by atoms with Crippen molar-refractivity contribution in [2.75, 3.05) is 6.61 Å². The number of fused-ring (bicyclic) bond motifs is 1. The topological polar surface area (TPSA) is 54.0 Å². The molecule has 0 N–H and O–H groups in total. The maximum absolute atomic E-state index is 11.4. The molecular formula is C21H19N3O2. The first-order valence-corrected chi connectivity index (χ1v) is 8.57. The van der Waals surface area contributed by atoms with Crippen molar-refractivity contribution >= 4 is 11.0 Å². The zero-order valence-corrected chi connectivity index (χ0v) is 14.3. The Kier molecular flexibility index (Phi) is 4.51. The fourth-order valence-electron chi connectivity index (χ4n) is 2.96. The highest BCUT2D eigenvalue weighted by atomic mass is 16.5. The number of pyridine rings is 1. The number of benzene rings is 2. The van der Waals surface area contributed by atoms with Gasteiger partial charge in [-0.3, -0.25) is 0 Å². The molecule has 0 fully saturated rings. The van der Waals surface area contributed by atoms with E-state index in [2.05, 4.69) is 41.4 Å². The lowest BCUT2D eigenvalue weighted by Gasteiger charge is -2.08. The fourth-order valence-corrected chi connectivity index (χ4v) is 2.96. The first-order valence-electron chi connectivity index (χ1n) is 8.57. The van der Waals surface area contributed by atoms with E-state index >= 15 is 0 Å². The van der Waals surface area contributed by atoms with Gasteiger partial charge in [0.25, 0.3) is 0 Å². The predicted molar refractivity (Wildman–Crippen MR) is 99.9 cm³/mol. The predicted octanol–water partition coefficient (Wildman–Crippen LogP) is 3.34. The van der Waals surface area contributed by atoms with Crippen molar-refractivity contribution in [3.8, 4) is 5.75 Å². The molecule has 2 aromatic heterocycles. The van der Waals surface area contributed by atoms with Crippen LogP contribution in [0, 0.1) is 5.21 Å². The van der Waals surface area contributed by atoms with Gasteiger partial charge >= 0.3 is 0 Å². The Bertz CT molecular complexity index is 995. The van der Waals surface area contributed by atoms with Gasteiger partial charge in [-0.1, -0.05) is 42.5 Å².